The largest absolute Gasteiger partial charge is 0.483 e. The van der Waals surface area contributed by atoms with E-state index in [2.05, 4.69) is 15.5 Å². The molecule has 28 heavy (non-hydrogen) atoms. The fourth-order valence-corrected chi connectivity index (χ4v) is 3.43. The molecule has 1 N–H and O–H groups in total. The number of anilines is 1. The minimum Gasteiger partial charge on any atom is -0.483 e. The normalized spacial score (nSPS) is 11.9. The van der Waals surface area contributed by atoms with Crippen molar-refractivity contribution in [2.24, 2.45) is 7.05 Å². The highest BCUT2D eigenvalue weighted by Crippen LogP contribution is 2.23. The van der Waals surface area contributed by atoms with Gasteiger partial charge in [0, 0.05) is 12.7 Å². The number of benzene rings is 2. The van der Waals surface area contributed by atoms with Crippen molar-refractivity contribution in [2.75, 3.05) is 11.1 Å². The lowest BCUT2D eigenvalue weighted by Gasteiger charge is -2.14. The van der Waals surface area contributed by atoms with Gasteiger partial charge in [-0.15, -0.1) is 10.2 Å². The molecule has 0 aliphatic carbocycles. The lowest BCUT2D eigenvalue weighted by molar-refractivity contribution is -0.113. The second kappa shape index (κ2) is 8.93. The molecule has 1 unspecified atom stereocenters. The summed E-state index contributed by atoms with van der Waals surface area (Å²) in [6.07, 6.45) is -0.251. The average molecular weight is 397 g/mol. The number of nitrogens with zero attached hydrogens (tertiary/aromatic N) is 3. The van der Waals surface area contributed by atoms with Crippen LogP contribution in [0.3, 0.4) is 0 Å². The van der Waals surface area contributed by atoms with Crippen molar-refractivity contribution in [3.8, 4) is 5.75 Å². The van der Waals surface area contributed by atoms with Crippen LogP contribution in [-0.2, 0) is 11.8 Å². The van der Waals surface area contributed by atoms with Crippen molar-refractivity contribution in [1.29, 1.82) is 0 Å². The van der Waals surface area contributed by atoms with Crippen molar-refractivity contribution in [3.05, 3.63) is 65.5 Å². The predicted octanol–water partition coefficient (Wildman–Crippen LogP) is 4.30. The van der Waals surface area contributed by atoms with Crippen LogP contribution in [0, 0.1) is 13.8 Å². The maximum absolute atomic E-state index is 12.3. The number of carbonyl (C=O) groups excluding carboxylic acids is 1. The van der Waals surface area contributed by atoms with Crippen LogP contribution in [-0.4, -0.2) is 26.4 Å². The van der Waals surface area contributed by atoms with Crippen LogP contribution < -0.4 is 10.1 Å². The fourth-order valence-electron chi connectivity index (χ4n) is 2.71. The van der Waals surface area contributed by atoms with Gasteiger partial charge in [-0.1, -0.05) is 36.0 Å². The number of nitrogens with one attached hydrogen (secondary N) is 1. The summed E-state index contributed by atoms with van der Waals surface area (Å²) in [6, 6.07) is 15.5. The van der Waals surface area contributed by atoms with Gasteiger partial charge in [-0.25, -0.2) is 0 Å². The summed E-state index contributed by atoms with van der Waals surface area (Å²) in [6.45, 7) is 6.00. The Labute approximate surface area is 169 Å². The van der Waals surface area contributed by atoms with Gasteiger partial charge in [-0.3, -0.25) is 4.79 Å². The molecule has 0 fully saturated rings. The summed E-state index contributed by atoms with van der Waals surface area (Å²) in [5.74, 6) is 1.67. The molecule has 0 aliphatic heterocycles. The maximum atomic E-state index is 12.3. The molecule has 0 bridgehead atoms. The van der Waals surface area contributed by atoms with Crippen LogP contribution in [0.25, 0.3) is 0 Å². The molecule has 146 valence electrons. The number of hydrogen-bond donors (Lipinski definition) is 1. The first-order valence-corrected chi connectivity index (χ1v) is 10.0. The highest BCUT2D eigenvalue weighted by Gasteiger charge is 2.18. The molecule has 0 saturated carbocycles. The van der Waals surface area contributed by atoms with Gasteiger partial charge in [0.15, 0.2) is 17.1 Å². The van der Waals surface area contributed by atoms with E-state index >= 15 is 0 Å². The average Bonchev–Trinajstić information content (AvgIpc) is 3.04. The third-order valence-corrected chi connectivity index (χ3v) is 5.43. The van der Waals surface area contributed by atoms with Gasteiger partial charge in [-0.2, -0.15) is 0 Å². The minimum atomic E-state index is -0.251. The third kappa shape index (κ3) is 4.92. The molecule has 0 saturated heterocycles. The van der Waals surface area contributed by atoms with E-state index in [4.69, 9.17) is 4.74 Å². The predicted molar refractivity (Wildman–Crippen MR) is 112 cm³/mol. The van der Waals surface area contributed by atoms with Crippen LogP contribution in [0.5, 0.6) is 5.75 Å². The molecule has 0 radical (unpaired) electrons. The number of rotatable bonds is 7. The molecular formula is C21H24N4O2S. The molecule has 0 aliphatic rings. The fraction of sp³-hybridized carbons (Fsp3) is 0.286. The smallest absolute Gasteiger partial charge is 0.234 e. The Morgan fingerprint density at radius 3 is 2.61 bits per heavy atom. The van der Waals surface area contributed by atoms with E-state index in [0.29, 0.717) is 11.0 Å². The van der Waals surface area contributed by atoms with E-state index in [0.717, 1.165) is 17.0 Å². The Morgan fingerprint density at radius 1 is 1.14 bits per heavy atom. The Morgan fingerprint density at radius 2 is 1.89 bits per heavy atom. The van der Waals surface area contributed by atoms with Crippen molar-refractivity contribution in [3.63, 3.8) is 0 Å². The molecule has 6 nitrogen and oxygen atoms in total. The Bertz CT molecular complexity index is 956. The van der Waals surface area contributed by atoms with E-state index in [9.17, 15) is 4.79 Å². The second-order valence-corrected chi connectivity index (χ2v) is 7.55. The van der Waals surface area contributed by atoms with Gasteiger partial charge >= 0.3 is 0 Å². The number of hydrogen-bond acceptors (Lipinski definition) is 5. The molecule has 3 aromatic rings. The number of thioether (sulfide) groups is 1. The first-order chi connectivity index (χ1) is 13.4. The third-order valence-electron chi connectivity index (χ3n) is 4.41. The van der Waals surface area contributed by atoms with Gasteiger partial charge in [0.2, 0.25) is 5.91 Å². The summed E-state index contributed by atoms with van der Waals surface area (Å²) >= 11 is 1.35. The van der Waals surface area contributed by atoms with Crippen molar-refractivity contribution < 1.29 is 9.53 Å². The number of carbonyl (C=O) groups is 1. The molecule has 1 atom stereocenters. The highest BCUT2D eigenvalue weighted by atomic mass is 32.2. The summed E-state index contributed by atoms with van der Waals surface area (Å²) in [5.41, 5.74) is 3.15. The molecule has 7 heteroatoms. The maximum Gasteiger partial charge on any atom is 0.234 e. The zero-order chi connectivity index (χ0) is 20.1. The second-order valence-electron chi connectivity index (χ2n) is 6.61. The van der Waals surface area contributed by atoms with Gasteiger partial charge in [-0.05, 0) is 56.2 Å². The van der Waals surface area contributed by atoms with E-state index in [1.807, 2.05) is 80.9 Å². The Hall–Kier alpha value is -2.80. The Kier molecular flexibility index (Phi) is 6.36. The molecule has 1 heterocycles. The van der Waals surface area contributed by atoms with E-state index < -0.39 is 0 Å². The molecule has 0 spiro atoms. The van der Waals surface area contributed by atoms with E-state index in [1.54, 1.807) is 0 Å². The zero-order valence-corrected chi connectivity index (χ0v) is 17.3. The number of aryl methyl sites for hydroxylation is 2. The topological polar surface area (TPSA) is 69.0 Å². The van der Waals surface area contributed by atoms with Crippen LogP contribution in [0.4, 0.5) is 5.69 Å². The van der Waals surface area contributed by atoms with Crippen molar-refractivity contribution >= 4 is 23.4 Å². The van der Waals surface area contributed by atoms with Gasteiger partial charge in [0.1, 0.15) is 5.75 Å². The molecule has 1 aromatic heterocycles. The number of amides is 1. The zero-order valence-electron chi connectivity index (χ0n) is 16.5. The van der Waals surface area contributed by atoms with Gasteiger partial charge in [0.05, 0.1) is 5.75 Å². The summed E-state index contributed by atoms with van der Waals surface area (Å²) in [5, 5.41) is 12.0. The van der Waals surface area contributed by atoms with Crippen molar-refractivity contribution in [2.45, 2.75) is 32.0 Å². The van der Waals surface area contributed by atoms with Crippen LogP contribution in [0.15, 0.2) is 53.7 Å². The quantitative estimate of drug-likeness (QED) is 0.603. The standard InChI is InChI=1S/C21H24N4O2S/c1-14-10-11-17(12-15(14)2)22-19(26)13-28-21-24-23-20(25(21)4)16(3)27-18-8-6-5-7-9-18/h5-12,16H,13H2,1-4H3,(H,22,26). The van der Waals surface area contributed by atoms with Crippen LogP contribution in [0.2, 0.25) is 0 Å². The summed E-state index contributed by atoms with van der Waals surface area (Å²) in [7, 11) is 1.88. The minimum absolute atomic E-state index is 0.0774. The van der Waals surface area contributed by atoms with E-state index in [-0.39, 0.29) is 17.8 Å². The lowest BCUT2D eigenvalue weighted by atomic mass is 10.1. The first-order valence-electron chi connectivity index (χ1n) is 9.05. The van der Waals surface area contributed by atoms with Gasteiger partial charge < -0.3 is 14.6 Å². The number of para-hydroxylation sites is 1. The van der Waals surface area contributed by atoms with Crippen LogP contribution >= 0.6 is 11.8 Å². The lowest BCUT2D eigenvalue weighted by Crippen LogP contribution is -2.15. The summed E-state index contributed by atoms with van der Waals surface area (Å²) in [4.78, 5) is 12.3. The number of ether oxygens (including phenoxy) is 1. The van der Waals surface area contributed by atoms with E-state index in [1.165, 1.54) is 17.3 Å². The molecule has 2 aromatic carbocycles. The Balaban J connectivity index is 1.57. The summed E-state index contributed by atoms with van der Waals surface area (Å²) < 4.78 is 7.77. The monoisotopic (exact) mass is 396 g/mol. The van der Waals surface area contributed by atoms with Crippen LogP contribution in [0.1, 0.15) is 30.0 Å². The molecular weight excluding hydrogens is 372 g/mol. The molecule has 1 amide bonds. The first kappa shape index (κ1) is 19.9. The molecule has 3 rings (SSSR count). The van der Waals surface area contributed by atoms with Crippen molar-refractivity contribution in [1.82, 2.24) is 14.8 Å². The number of aromatic nitrogens is 3. The van der Waals surface area contributed by atoms with Gasteiger partial charge in [0.25, 0.3) is 0 Å². The SMILES string of the molecule is Cc1ccc(NC(=O)CSc2nnc(C(C)Oc3ccccc3)n2C)cc1C. The highest BCUT2D eigenvalue weighted by molar-refractivity contribution is 7.99.